The summed E-state index contributed by atoms with van der Waals surface area (Å²) in [5, 5.41) is 9.85. The van der Waals surface area contributed by atoms with E-state index in [1.165, 1.54) is 4.31 Å². The molecule has 100 valence electrons. The molecule has 1 fully saturated rings. The minimum atomic E-state index is -3.34. The predicted molar refractivity (Wildman–Crippen MR) is 70.9 cm³/mol. The molecule has 0 bridgehead atoms. The molecule has 1 aliphatic rings. The van der Waals surface area contributed by atoms with E-state index >= 15 is 0 Å². The van der Waals surface area contributed by atoms with E-state index < -0.39 is 10.0 Å². The van der Waals surface area contributed by atoms with Crippen LogP contribution in [0.1, 0.15) is 18.4 Å². The van der Waals surface area contributed by atoms with Crippen LogP contribution < -0.4 is 0 Å². The first-order chi connectivity index (χ1) is 8.49. The molecule has 6 heteroatoms. The van der Waals surface area contributed by atoms with Crippen LogP contribution in [0.3, 0.4) is 0 Å². The van der Waals surface area contributed by atoms with Gasteiger partial charge in [0.2, 0.25) is 10.0 Å². The molecule has 0 atom stereocenters. The van der Waals surface area contributed by atoms with Crippen LogP contribution in [0.4, 0.5) is 0 Å². The monoisotopic (exact) mass is 289 g/mol. The van der Waals surface area contributed by atoms with Crippen molar-refractivity contribution in [3.05, 3.63) is 34.9 Å². The van der Waals surface area contributed by atoms with Crippen LogP contribution in [0.25, 0.3) is 0 Å². The Bertz CT molecular complexity index is 510. The summed E-state index contributed by atoms with van der Waals surface area (Å²) in [6.45, 7) is 0.766. The first-order valence-corrected chi connectivity index (χ1v) is 7.87. The highest BCUT2D eigenvalue weighted by molar-refractivity contribution is 7.88. The summed E-state index contributed by atoms with van der Waals surface area (Å²) in [7, 11) is -3.34. The van der Waals surface area contributed by atoms with E-state index in [4.69, 9.17) is 11.6 Å². The molecule has 0 amide bonds. The van der Waals surface area contributed by atoms with Gasteiger partial charge in [-0.1, -0.05) is 29.8 Å². The smallest absolute Gasteiger partial charge is 0.218 e. The average Bonchev–Trinajstić information content (AvgIpc) is 2.32. The third-order valence-corrected chi connectivity index (χ3v) is 5.31. The second-order valence-corrected chi connectivity index (χ2v) is 6.85. The predicted octanol–water partition coefficient (Wildman–Crippen LogP) is 1.63. The quantitative estimate of drug-likeness (QED) is 0.920. The Labute approximate surface area is 112 Å². The average molecular weight is 290 g/mol. The van der Waals surface area contributed by atoms with Crippen LogP contribution in [-0.4, -0.2) is 37.0 Å². The second-order valence-electron chi connectivity index (χ2n) is 4.48. The fourth-order valence-electron chi connectivity index (χ4n) is 2.02. The van der Waals surface area contributed by atoms with E-state index in [0.717, 1.165) is 0 Å². The molecule has 0 unspecified atom stereocenters. The lowest BCUT2D eigenvalue weighted by molar-refractivity contribution is 0.113. The topological polar surface area (TPSA) is 57.6 Å². The first-order valence-electron chi connectivity index (χ1n) is 5.88. The van der Waals surface area contributed by atoms with Crippen molar-refractivity contribution in [3.63, 3.8) is 0 Å². The Morgan fingerprint density at radius 2 is 1.89 bits per heavy atom. The van der Waals surface area contributed by atoms with Gasteiger partial charge in [0.05, 0.1) is 11.9 Å². The van der Waals surface area contributed by atoms with Gasteiger partial charge in [0, 0.05) is 18.1 Å². The van der Waals surface area contributed by atoms with Gasteiger partial charge < -0.3 is 5.11 Å². The molecule has 1 heterocycles. The number of rotatable bonds is 3. The van der Waals surface area contributed by atoms with Crippen molar-refractivity contribution in [2.75, 3.05) is 13.1 Å². The summed E-state index contributed by atoms with van der Waals surface area (Å²) < 4.78 is 25.8. The molecule has 0 spiro atoms. The van der Waals surface area contributed by atoms with Crippen LogP contribution >= 0.6 is 11.6 Å². The van der Waals surface area contributed by atoms with E-state index in [1.807, 2.05) is 0 Å². The minimum absolute atomic E-state index is 0.0806. The van der Waals surface area contributed by atoms with Crippen molar-refractivity contribution in [1.29, 1.82) is 0 Å². The number of aliphatic hydroxyl groups excluding tert-OH is 1. The Morgan fingerprint density at radius 3 is 2.50 bits per heavy atom. The molecule has 1 N–H and O–H groups in total. The van der Waals surface area contributed by atoms with Crippen LogP contribution in [0.5, 0.6) is 0 Å². The van der Waals surface area contributed by atoms with Crippen molar-refractivity contribution in [2.24, 2.45) is 0 Å². The molecule has 18 heavy (non-hydrogen) atoms. The standard InChI is InChI=1S/C12H16ClNO3S/c13-12-4-2-1-3-10(12)9-18(16,17)14-7-5-11(15)6-8-14/h1-4,11,15H,5-9H2. The van der Waals surface area contributed by atoms with Crippen molar-refractivity contribution in [2.45, 2.75) is 24.7 Å². The van der Waals surface area contributed by atoms with Crippen molar-refractivity contribution < 1.29 is 13.5 Å². The fraction of sp³-hybridized carbons (Fsp3) is 0.500. The molecular formula is C12H16ClNO3S. The molecule has 0 aliphatic carbocycles. The van der Waals surface area contributed by atoms with Gasteiger partial charge in [0.1, 0.15) is 0 Å². The molecular weight excluding hydrogens is 274 g/mol. The number of sulfonamides is 1. The van der Waals surface area contributed by atoms with Gasteiger partial charge in [0.15, 0.2) is 0 Å². The third-order valence-electron chi connectivity index (χ3n) is 3.11. The Balaban J connectivity index is 2.10. The SMILES string of the molecule is O=S(=O)(Cc1ccccc1Cl)N1CCC(O)CC1. The Kier molecular flexibility index (Phi) is 4.27. The van der Waals surface area contributed by atoms with E-state index in [-0.39, 0.29) is 11.9 Å². The van der Waals surface area contributed by atoms with Gasteiger partial charge in [-0.15, -0.1) is 0 Å². The summed E-state index contributed by atoms with van der Waals surface area (Å²) in [6, 6.07) is 6.96. The maximum absolute atomic E-state index is 12.2. The summed E-state index contributed by atoms with van der Waals surface area (Å²) in [4.78, 5) is 0. The molecule has 1 aliphatic heterocycles. The summed E-state index contributed by atoms with van der Waals surface area (Å²) in [6.07, 6.45) is 0.625. The molecule has 0 aromatic heterocycles. The maximum atomic E-state index is 12.2. The lowest BCUT2D eigenvalue weighted by Crippen LogP contribution is -2.40. The van der Waals surface area contributed by atoms with E-state index in [9.17, 15) is 13.5 Å². The molecule has 0 radical (unpaired) electrons. The number of benzene rings is 1. The van der Waals surface area contributed by atoms with E-state index in [2.05, 4.69) is 0 Å². The largest absolute Gasteiger partial charge is 0.393 e. The Morgan fingerprint density at radius 1 is 1.28 bits per heavy atom. The first kappa shape index (κ1) is 13.8. The van der Waals surface area contributed by atoms with Gasteiger partial charge in [-0.25, -0.2) is 12.7 Å². The molecule has 2 rings (SSSR count). The minimum Gasteiger partial charge on any atom is -0.393 e. The number of hydrogen-bond donors (Lipinski definition) is 1. The maximum Gasteiger partial charge on any atom is 0.218 e. The molecule has 4 nitrogen and oxygen atoms in total. The normalized spacial score (nSPS) is 19.0. The van der Waals surface area contributed by atoms with Crippen LogP contribution in [0.15, 0.2) is 24.3 Å². The second kappa shape index (κ2) is 5.57. The van der Waals surface area contributed by atoms with E-state index in [0.29, 0.717) is 36.5 Å². The molecule has 1 saturated heterocycles. The number of halogens is 1. The highest BCUT2D eigenvalue weighted by atomic mass is 35.5. The van der Waals surface area contributed by atoms with Gasteiger partial charge in [-0.2, -0.15) is 0 Å². The summed E-state index contributed by atoms with van der Waals surface area (Å²) in [5.74, 6) is -0.0806. The molecule has 1 aromatic rings. The third kappa shape index (κ3) is 3.23. The number of nitrogens with zero attached hydrogens (tertiary/aromatic N) is 1. The Hall–Kier alpha value is -0.620. The summed E-state index contributed by atoms with van der Waals surface area (Å²) >= 11 is 5.97. The summed E-state index contributed by atoms with van der Waals surface area (Å²) in [5.41, 5.74) is 0.616. The van der Waals surface area contributed by atoms with Crippen molar-refractivity contribution in [1.82, 2.24) is 4.31 Å². The van der Waals surface area contributed by atoms with Crippen LogP contribution in [-0.2, 0) is 15.8 Å². The number of hydrogen-bond acceptors (Lipinski definition) is 3. The highest BCUT2D eigenvalue weighted by Gasteiger charge is 2.27. The van der Waals surface area contributed by atoms with Gasteiger partial charge >= 0.3 is 0 Å². The fourth-order valence-corrected chi connectivity index (χ4v) is 3.90. The zero-order valence-corrected chi connectivity index (χ0v) is 11.5. The zero-order chi connectivity index (χ0) is 13.2. The number of aliphatic hydroxyl groups is 1. The van der Waals surface area contributed by atoms with Gasteiger partial charge in [0.25, 0.3) is 0 Å². The van der Waals surface area contributed by atoms with Crippen LogP contribution in [0.2, 0.25) is 5.02 Å². The number of piperidine rings is 1. The van der Waals surface area contributed by atoms with E-state index in [1.54, 1.807) is 24.3 Å². The van der Waals surface area contributed by atoms with Crippen LogP contribution in [0, 0.1) is 0 Å². The van der Waals surface area contributed by atoms with Crippen molar-refractivity contribution in [3.8, 4) is 0 Å². The molecule has 1 aromatic carbocycles. The molecule has 0 saturated carbocycles. The van der Waals surface area contributed by atoms with Crippen molar-refractivity contribution >= 4 is 21.6 Å². The lowest BCUT2D eigenvalue weighted by atomic mass is 10.1. The highest BCUT2D eigenvalue weighted by Crippen LogP contribution is 2.21. The van der Waals surface area contributed by atoms with Gasteiger partial charge in [-0.05, 0) is 24.5 Å². The lowest BCUT2D eigenvalue weighted by Gasteiger charge is -2.28. The van der Waals surface area contributed by atoms with Gasteiger partial charge in [-0.3, -0.25) is 0 Å². The zero-order valence-electron chi connectivity index (χ0n) is 9.92.